The van der Waals surface area contributed by atoms with Crippen molar-refractivity contribution in [3.05, 3.63) is 42.5 Å². The van der Waals surface area contributed by atoms with E-state index in [9.17, 15) is 0 Å². The molecule has 0 spiro atoms. The van der Waals surface area contributed by atoms with E-state index in [1.54, 1.807) is 0 Å². The summed E-state index contributed by atoms with van der Waals surface area (Å²) in [4.78, 5) is 0. The molecule has 1 nitrogen and oxygen atoms in total. The van der Waals surface area contributed by atoms with Gasteiger partial charge in [0.25, 0.3) is 0 Å². The first-order valence-electron chi connectivity index (χ1n) is 6.63. The highest BCUT2D eigenvalue weighted by atomic mass is 14.9. The van der Waals surface area contributed by atoms with Crippen molar-refractivity contribution in [2.45, 2.75) is 32.2 Å². The molecule has 1 atom stereocenters. The summed E-state index contributed by atoms with van der Waals surface area (Å²) in [6.07, 6.45) is 4.01. The standard InChI is InChI=1S/C16H19N/c1-2-15(13-10-11-13)17-16-9-5-7-12-6-3-4-8-14(12)16/h3-9,13,15,17H,2,10-11H2,1H3. The van der Waals surface area contributed by atoms with Crippen LogP contribution in [0.15, 0.2) is 42.5 Å². The topological polar surface area (TPSA) is 12.0 Å². The molecule has 1 heteroatoms. The SMILES string of the molecule is CCC(Nc1cccc2ccccc12)C1CC1. The molecule has 88 valence electrons. The van der Waals surface area contributed by atoms with Crippen LogP contribution >= 0.6 is 0 Å². The minimum absolute atomic E-state index is 0.654. The molecule has 0 saturated heterocycles. The van der Waals surface area contributed by atoms with E-state index < -0.39 is 0 Å². The highest BCUT2D eigenvalue weighted by Crippen LogP contribution is 2.36. The lowest BCUT2D eigenvalue weighted by Crippen LogP contribution is -2.20. The lowest BCUT2D eigenvalue weighted by atomic mass is 10.1. The molecular weight excluding hydrogens is 206 g/mol. The van der Waals surface area contributed by atoms with E-state index >= 15 is 0 Å². The summed E-state index contributed by atoms with van der Waals surface area (Å²) in [5.74, 6) is 0.902. The third-order valence-electron chi connectivity index (χ3n) is 3.76. The molecule has 1 aliphatic rings. The zero-order chi connectivity index (χ0) is 11.7. The molecule has 0 radical (unpaired) electrons. The maximum Gasteiger partial charge on any atom is 0.0422 e. The molecule has 0 aliphatic heterocycles. The average Bonchev–Trinajstić information content (AvgIpc) is 3.20. The fourth-order valence-corrected chi connectivity index (χ4v) is 2.60. The van der Waals surface area contributed by atoms with Gasteiger partial charge in [0, 0.05) is 17.1 Å². The van der Waals surface area contributed by atoms with E-state index in [-0.39, 0.29) is 0 Å². The second-order valence-corrected chi connectivity index (χ2v) is 5.02. The van der Waals surface area contributed by atoms with Crippen LogP contribution in [0, 0.1) is 5.92 Å². The van der Waals surface area contributed by atoms with Gasteiger partial charge in [-0.3, -0.25) is 0 Å². The predicted molar refractivity (Wildman–Crippen MR) is 74.4 cm³/mol. The molecule has 3 rings (SSSR count). The summed E-state index contributed by atoms with van der Waals surface area (Å²) in [6.45, 7) is 2.28. The van der Waals surface area contributed by atoms with Crippen LogP contribution in [0.4, 0.5) is 5.69 Å². The maximum atomic E-state index is 3.73. The maximum absolute atomic E-state index is 3.73. The fourth-order valence-electron chi connectivity index (χ4n) is 2.60. The van der Waals surface area contributed by atoms with Gasteiger partial charge in [0.05, 0.1) is 0 Å². The van der Waals surface area contributed by atoms with Crippen molar-refractivity contribution in [3.8, 4) is 0 Å². The van der Waals surface area contributed by atoms with Crippen molar-refractivity contribution >= 4 is 16.5 Å². The van der Waals surface area contributed by atoms with Gasteiger partial charge in [0.1, 0.15) is 0 Å². The van der Waals surface area contributed by atoms with Crippen molar-refractivity contribution in [2.75, 3.05) is 5.32 Å². The van der Waals surface area contributed by atoms with E-state index in [0.29, 0.717) is 6.04 Å². The summed E-state index contributed by atoms with van der Waals surface area (Å²) >= 11 is 0. The average molecular weight is 225 g/mol. The third-order valence-corrected chi connectivity index (χ3v) is 3.76. The van der Waals surface area contributed by atoms with Crippen molar-refractivity contribution < 1.29 is 0 Å². The van der Waals surface area contributed by atoms with Crippen LogP contribution < -0.4 is 5.32 Å². The van der Waals surface area contributed by atoms with Gasteiger partial charge in [-0.25, -0.2) is 0 Å². The lowest BCUT2D eigenvalue weighted by molar-refractivity contribution is 0.617. The quantitative estimate of drug-likeness (QED) is 0.811. The van der Waals surface area contributed by atoms with Gasteiger partial charge in [-0.1, -0.05) is 43.3 Å². The zero-order valence-corrected chi connectivity index (χ0v) is 10.3. The molecular formula is C16H19N. The third kappa shape index (κ3) is 2.14. The molecule has 1 unspecified atom stereocenters. The Morgan fingerprint density at radius 2 is 1.88 bits per heavy atom. The Bertz CT molecular complexity index is 508. The normalized spacial score (nSPS) is 17.0. The molecule has 1 fully saturated rings. The summed E-state index contributed by atoms with van der Waals surface area (Å²) < 4.78 is 0. The Morgan fingerprint density at radius 3 is 2.65 bits per heavy atom. The van der Waals surface area contributed by atoms with Gasteiger partial charge in [-0.2, -0.15) is 0 Å². The van der Waals surface area contributed by atoms with Crippen LogP contribution in [-0.2, 0) is 0 Å². The van der Waals surface area contributed by atoms with Gasteiger partial charge in [-0.05, 0) is 36.6 Å². The van der Waals surface area contributed by atoms with E-state index in [4.69, 9.17) is 0 Å². The van der Waals surface area contributed by atoms with E-state index in [1.807, 2.05) is 0 Å². The molecule has 2 aromatic rings. The molecule has 1 saturated carbocycles. The highest BCUT2D eigenvalue weighted by Gasteiger charge is 2.29. The minimum Gasteiger partial charge on any atom is -0.382 e. The van der Waals surface area contributed by atoms with Crippen LogP contribution in [0.2, 0.25) is 0 Å². The highest BCUT2D eigenvalue weighted by molar-refractivity contribution is 5.93. The zero-order valence-electron chi connectivity index (χ0n) is 10.3. The van der Waals surface area contributed by atoms with Crippen LogP contribution in [0.1, 0.15) is 26.2 Å². The van der Waals surface area contributed by atoms with Crippen molar-refractivity contribution in [1.29, 1.82) is 0 Å². The van der Waals surface area contributed by atoms with Gasteiger partial charge in [0.2, 0.25) is 0 Å². The fraction of sp³-hybridized carbons (Fsp3) is 0.375. The second-order valence-electron chi connectivity index (χ2n) is 5.02. The molecule has 0 bridgehead atoms. The van der Waals surface area contributed by atoms with Gasteiger partial charge >= 0.3 is 0 Å². The summed E-state index contributed by atoms with van der Waals surface area (Å²) in [5, 5.41) is 6.40. The minimum atomic E-state index is 0.654. The van der Waals surface area contributed by atoms with Gasteiger partial charge in [0.15, 0.2) is 0 Å². The molecule has 2 aromatic carbocycles. The van der Waals surface area contributed by atoms with E-state index in [0.717, 1.165) is 5.92 Å². The molecule has 0 amide bonds. The summed E-state index contributed by atoms with van der Waals surface area (Å²) in [7, 11) is 0. The second kappa shape index (κ2) is 4.40. The number of hydrogen-bond donors (Lipinski definition) is 1. The molecule has 17 heavy (non-hydrogen) atoms. The molecule has 1 aliphatic carbocycles. The van der Waals surface area contributed by atoms with Gasteiger partial charge in [-0.15, -0.1) is 0 Å². The van der Waals surface area contributed by atoms with Crippen LogP contribution in [0.5, 0.6) is 0 Å². The Morgan fingerprint density at radius 1 is 1.12 bits per heavy atom. The first-order chi connectivity index (χ1) is 8.38. The molecule has 0 aromatic heterocycles. The number of hydrogen-bond acceptors (Lipinski definition) is 1. The van der Waals surface area contributed by atoms with Crippen molar-refractivity contribution in [2.24, 2.45) is 5.92 Å². The van der Waals surface area contributed by atoms with Crippen LogP contribution in [0.25, 0.3) is 10.8 Å². The number of nitrogens with one attached hydrogen (secondary N) is 1. The Balaban J connectivity index is 1.93. The van der Waals surface area contributed by atoms with E-state index in [2.05, 4.69) is 54.7 Å². The number of benzene rings is 2. The number of anilines is 1. The Kier molecular flexibility index (Phi) is 2.76. The lowest BCUT2D eigenvalue weighted by Gasteiger charge is -2.19. The Hall–Kier alpha value is -1.50. The summed E-state index contributed by atoms with van der Waals surface area (Å²) in [6, 6.07) is 15.8. The summed E-state index contributed by atoms with van der Waals surface area (Å²) in [5.41, 5.74) is 1.29. The predicted octanol–water partition coefficient (Wildman–Crippen LogP) is 4.44. The monoisotopic (exact) mass is 225 g/mol. The van der Waals surface area contributed by atoms with Crippen LogP contribution in [-0.4, -0.2) is 6.04 Å². The molecule has 0 heterocycles. The smallest absolute Gasteiger partial charge is 0.0422 e. The Labute approximate surface area is 103 Å². The van der Waals surface area contributed by atoms with Crippen molar-refractivity contribution in [1.82, 2.24) is 0 Å². The number of fused-ring (bicyclic) bond motifs is 1. The largest absolute Gasteiger partial charge is 0.382 e. The molecule has 1 N–H and O–H groups in total. The van der Waals surface area contributed by atoms with Gasteiger partial charge < -0.3 is 5.32 Å². The first-order valence-corrected chi connectivity index (χ1v) is 6.63. The van der Waals surface area contributed by atoms with Crippen molar-refractivity contribution in [3.63, 3.8) is 0 Å². The first kappa shape index (κ1) is 10.6. The van der Waals surface area contributed by atoms with Crippen LogP contribution in [0.3, 0.4) is 0 Å². The van der Waals surface area contributed by atoms with E-state index in [1.165, 1.54) is 35.7 Å². The number of rotatable bonds is 4.